The maximum Gasteiger partial charge on any atom is 0.251 e. The van der Waals surface area contributed by atoms with E-state index in [2.05, 4.69) is 39.4 Å². The summed E-state index contributed by atoms with van der Waals surface area (Å²) in [4.78, 5) is 11.8. The van der Waals surface area contributed by atoms with E-state index < -0.39 is 0 Å². The van der Waals surface area contributed by atoms with Crippen molar-refractivity contribution in [3.05, 3.63) is 54.8 Å². The van der Waals surface area contributed by atoms with Crippen molar-refractivity contribution in [2.24, 2.45) is 0 Å². The van der Waals surface area contributed by atoms with Gasteiger partial charge >= 0.3 is 0 Å². The second-order valence-electron chi connectivity index (χ2n) is 4.47. The van der Waals surface area contributed by atoms with Crippen molar-refractivity contribution in [1.82, 2.24) is 5.32 Å². The van der Waals surface area contributed by atoms with E-state index in [-0.39, 0.29) is 11.3 Å². The van der Waals surface area contributed by atoms with Gasteiger partial charge in [0.15, 0.2) is 0 Å². The van der Waals surface area contributed by atoms with Crippen molar-refractivity contribution in [3.8, 4) is 0 Å². The lowest BCUT2D eigenvalue weighted by Gasteiger charge is -2.18. The molecule has 2 nitrogen and oxygen atoms in total. The van der Waals surface area contributed by atoms with Gasteiger partial charge in [-0.05, 0) is 63.2 Å². The van der Waals surface area contributed by atoms with Crippen LogP contribution in [0, 0.1) is 2.88 Å². The highest BCUT2D eigenvalue weighted by Gasteiger charge is 2.20. The number of fused-ring (bicyclic) bond motifs is 1. The summed E-state index contributed by atoms with van der Waals surface area (Å²) in [6.45, 7) is 0.720. The Bertz CT molecular complexity index is 640. The second kappa shape index (κ2) is 5.42. The molecule has 1 N–H and O–H groups in total. The van der Waals surface area contributed by atoms with Crippen LogP contribution in [-0.2, 0) is 6.42 Å². The number of carbonyl (C=O) groups excluding carboxylic acids is 1. The molecule has 1 aromatic carbocycles. The number of nitrogens with one attached hydrogen (secondary N) is 1. The Hall–Kier alpha value is -0.590. The number of benzene rings is 1. The molecule has 1 atom stereocenters. The number of alkyl halides is 1. The van der Waals surface area contributed by atoms with Gasteiger partial charge in [0, 0.05) is 12.1 Å². The Kier molecular flexibility index (Phi) is 3.82. The molecule has 0 saturated heterocycles. The fourth-order valence-corrected chi connectivity index (χ4v) is 3.97. The summed E-state index contributed by atoms with van der Waals surface area (Å²) in [6.07, 6.45) is 0.894. The molecule has 0 radical (unpaired) electrons. The van der Waals surface area contributed by atoms with Gasteiger partial charge in [-0.1, -0.05) is 12.1 Å². The molecular formula is C14H11ClINOS. The van der Waals surface area contributed by atoms with Crippen LogP contribution < -0.4 is 5.32 Å². The van der Waals surface area contributed by atoms with Gasteiger partial charge in [-0.15, -0.1) is 22.9 Å². The smallest absolute Gasteiger partial charge is 0.251 e. The largest absolute Gasteiger partial charge is 0.352 e. The molecule has 0 saturated carbocycles. The molecule has 2 aromatic rings. The molecule has 0 bridgehead atoms. The Morgan fingerprint density at radius 2 is 2.16 bits per heavy atom. The average Bonchev–Trinajstić information content (AvgIpc) is 2.85. The minimum Gasteiger partial charge on any atom is -0.352 e. The van der Waals surface area contributed by atoms with Crippen molar-refractivity contribution in [3.63, 3.8) is 0 Å². The van der Waals surface area contributed by atoms with Crippen LogP contribution in [0.4, 0.5) is 0 Å². The topological polar surface area (TPSA) is 29.1 Å². The monoisotopic (exact) mass is 403 g/mol. The summed E-state index contributed by atoms with van der Waals surface area (Å²) in [6, 6.07) is 8.06. The highest BCUT2D eigenvalue weighted by Crippen LogP contribution is 2.33. The van der Waals surface area contributed by atoms with Crippen LogP contribution in [0.5, 0.6) is 0 Å². The predicted molar refractivity (Wildman–Crippen MR) is 87.2 cm³/mol. The van der Waals surface area contributed by atoms with Gasteiger partial charge in [-0.3, -0.25) is 4.79 Å². The van der Waals surface area contributed by atoms with Crippen LogP contribution in [0.25, 0.3) is 0 Å². The van der Waals surface area contributed by atoms with Gasteiger partial charge in [-0.25, -0.2) is 0 Å². The first-order valence-electron chi connectivity index (χ1n) is 5.94. The van der Waals surface area contributed by atoms with Gasteiger partial charge in [0.1, 0.15) is 0 Å². The maximum atomic E-state index is 11.8. The number of amides is 1. The zero-order chi connectivity index (χ0) is 13.4. The van der Waals surface area contributed by atoms with E-state index in [4.69, 9.17) is 11.6 Å². The van der Waals surface area contributed by atoms with Gasteiger partial charge < -0.3 is 5.32 Å². The summed E-state index contributed by atoms with van der Waals surface area (Å²) < 4.78 is 1.22. The second-order valence-corrected chi connectivity index (χ2v) is 7.71. The first kappa shape index (κ1) is 13.4. The summed E-state index contributed by atoms with van der Waals surface area (Å²) in [5.74, 6) is 0.00636. The number of carbonyl (C=O) groups is 1. The quantitative estimate of drug-likeness (QED) is 0.597. The Balaban J connectivity index is 1.97. The lowest BCUT2D eigenvalue weighted by Crippen LogP contribution is -2.31. The van der Waals surface area contributed by atoms with Gasteiger partial charge in [0.2, 0.25) is 0 Å². The number of halogens is 2. The van der Waals surface area contributed by atoms with Crippen LogP contribution in [0.15, 0.2) is 29.6 Å². The number of hydrogen-bond acceptors (Lipinski definition) is 2. The molecule has 98 valence electrons. The predicted octanol–water partition coefficient (Wildman–Crippen LogP) is 3.97. The van der Waals surface area contributed by atoms with E-state index in [0.717, 1.165) is 35.2 Å². The zero-order valence-electron chi connectivity index (χ0n) is 9.95. The molecule has 5 heteroatoms. The average molecular weight is 404 g/mol. The van der Waals surface area contributed by atoms with Crippen LogP contribution >= 0.6 is 45.5 Å². The summed E-state index contributed by atoms with van der Waals surface area (Å²) >= 11 is 10.5. The van der Waals surface area contributed by atoms with E-state index in [9.17, 15) is 4.79 Å². The Morgan fingerprint density at radius 3 is 2.89 bits per heavy atom. The van der Waals surface area contributed by atoms with E-state index in [0.29, 0.717) is 0 Å². The van der Waals surface area contributed by atoms with Crippen LogP contribution in [-0.4, -0.2) is 12.5 Å². The fraction of sp³-hybridized carbons (Fsp3) is 0.214. The SMILES string of the molecule is O=C1NCCc2ccc(C(Cl)c3csc(I)c3)cc21. The minimum atomic E-state index is -0.195. The third kappa shape index (κ3) is 2.66. The molecule has 0 aliphatic carbocycles. The Morgan fingerprint density at radius 1 is 1.32 bits per heavy atom. The molecule has 3 rings (SSSR count). The van der Waals surface area contributed by atoms with Gasteiger partial charge in [0.05, 0.1) is 8.26 Å². The van der Waals surface area contributed by atoms with Crippen LogP contribution in [0.3, 0.4) is 0 Å². The van der Waals surface area contributed by atoms with E-state index in [1.807, 2.05) is 18.2 Å². The number of thiophene rings is 1. The Labute approximate surface area is 134 Å². The van der Waals surface area contributed by atoms with Crippen molar-refractivity contribution >= 4 is 51.4 Å². The zero-order valence-corrected chi connectivity index (χ0v) is 13.7. The van der Waals surface area contributed by atoms with Crippen molar-refractivity contribution in [1.29, 1.82) is 0 Å². The minimum absolute atomic E-state index is 0.00636. The van der Waals surface area contributed by atoms with Crippen LogP contribution in [0.1, 0.15) is 32.4 Å². The lowest BCUT2D eigenvalue weighted by molar-refractivity contribution is 0.0946. The number of rotatable bonds is 2. The van der Waals surface area contributed by atoms with E-state index >= 15 is 0 Å². The highest BCUT2D eigenvalue weighted by atomic mass is 127. The maximum absolute atomic E-state index is 11.8. The van der Waals surface area contributed by atoms with E-state index in [1.54, 1.807) is 11.3 Å². The number of hydrogen-bond donors (Lipinski definition) is 1. The molecule has 1 amide bonds. The molecule has 19 heavy (non-hydrogen) atoms. The third-order valence-corrected chi connectivity index (χ3v) is 5.54. The molecule has 0 fully saturated rings. The molecule has 1 unspecified atom stereocenters. The first-order chi connectivity index (χ1) is 9.15. The first-order valence-corrected chi connectivity index (χ1v) is 8.33. The fourth-order valence-electron chi connectivity index (χ4n) is 2.24. The van der Waals surface area contributed by atoms with E-state index in [1.165, 1.54) is 2.88 Å². The normalized spacial score (nSPS) is 15.8. The van der Waals surface area contributed by atoms with Crippen LogP contribution in [0.2, 0.25) is 0 Å². The standard InChI is InChI=1S/C14H11ClINOS/c15-13(10-6-12(16)19-7-10)9-2-1-8-3-4-17-14(18)11(8)5-9/h1-2,5-7,13H,3-4H2,(H,17,18). The highest BCUT2D eigenvalue weighted by molar-refractivity contribution is 14.1. The third-order valence-electron chi connectivity index (χ3n) is 3.23. The van der Waals surface area contributed by atoms with Crippen molar-refractivity contribution in [2.75, 3.05) is 6.54 Å². The van der Waals surface area contributed by atoms with Crippen molar-refractivity contribution in [2.45, 2.75) is 11.8 Å². The molecular weight excluding hydrogens is 393 g/mol. The van der Waals surface area contributed by atoms with Crippen molar-refractivity contribution < 1.29 is 4.79 Å². The lowest BCUT2D eigenvalue weighted by atomic mass is 9.95. The molecule has 2 heterocycles. The summed E-state index contributed by atoms with van der Waals surface area (Å²) in [5.41, 5.74) is 3.94. The molecule has 1 aliphatic heterocycles. The van der Waals surface area contributed by atoms with Gasteiger partial charge in [0.25, 0.3) is 5.91 Å². The molecule has 0 spiro atoms. The molecule has 1 aromatic heterocycles. The summed E-state index contributed by atoms with van der Waals surface area (Å²) in [5, 5.41) is 4.74. The summed E-state index contributed by atoms with van der Waals surface area (Å²) in [7, 11) is 0. The van der Waals surface area contributed by atoms with Gasteiger partial charge in [-0.2, -0.15) is 0 Å². The molecule has 1 aliphatic rings.